The third-order valence-electron chi connectivity index (χ3n) is 4.46. The molecule has 0 aliphatic carbocycles. The summed E-state index contributed by atoms with van der Waals surface area (Å²) in [7, 11) is 0. The number of hydrogen-bond acceptors (Lipinski definition) is 4. The number of aliphatic carboxylic acids is 1. The van der Waals surface area contributed by atoms with E-state index in [-0.39, 0.29) is 17.9 Å². The van der Waals surface area contributed by atoms with Crippen molar-refractivity contribution in [1.29, 1.82) is 0 Å². The normalized spacial score (nSPS) is 12.0. The maximum absolute atomic E-state index is 12.7. The van der Waals surface area contributed by atoms with Crippen molar-refractivity contribution in [1.82, 2.24) is 5.32 Å². The lowest BCUT2D eigenvalue weighted by molar-refractivity contribution is -0.143. The first-order chi connectivity index (χ1) is 14.0. The van der Waals surface area contributed by atoms with Crippen molar-refractivity contribution in [3.05, 3.63) is 64.5 Å². The van der Waals surface area contributed by atoms with E-state index < -0.39 is 29.2 Å². The Balaban J connectivity index is 1.89. The minimum absolute atomic E-state index is 0.0598. The van der Waals surface area contributed by atoms with Gasteiger partial charge in [0.1, 0.15) is 17.9 Å². The van der Waals surface area contributed by atoms with Gasteiger partial charge in [0.25, 0.3) is 5.91 Å². The summed E-state index contributed by atoms with van der Waals surface area (Å²) in [6.07, 6.45) is -4.43. The number of carboxylic acids is 1. The summed E-state index contributed by atoms with van der Waals surface area (Å²) in [5.41, 5.74) is -1.62. The average Bonchev–Trinajstić information content (AvgIpc) is 3.14. The van der Waals surface area contributed by atoms with Gasteiger partial charge in [-0.15, -0.1) is 11.3 Å². The number of hydrogen-bond donors (Lipinski definition) is 2. The molecule has 0 radical (unpaired) electrons. The summed E-state index contributed by atoms with van der Waals surface area (Å²) in [5.74, 6) is -1.58. The number of fused-ring (bicyclic) bond motifs is 1. The van der Waals surface area contributed by atoms with Gasteiger partial charge < -0.3 is 15.2 Å². The fourth-order valence-electron chi connectivity index (χ4n) is 2.70. The van der Waals surface area contributed by atoms with Crippen molar-refractivity contribution in [2.24, 2.45) is 0 Å². The van der Waals surface area contributed by atoms with Crippen molar-refractivity contribution in [2.75, 3.05) is 0 Å². The fraction of sp³-hybridized carbons (Fsp3) is 0.238. The van der Waals surface area contributed by atoms with Crippen LogP contribution in [0.4, 0.5) is 13.2 Å². The summed E-state index contributed by atoms with van der Waals surface area (Å²) in [6.45, 7) is 2.66. The molecule has 0 atom stereocenters. The number of ether oxygens (including phenoxy) is 1. The van der Waals surface area contributed by atoms with Crippen molar-refractivity contribution >= 4 is 33.3 Å². The number of carbonyl (C=O) groups is 2. The Morgan fingerprint density at radius 2 is 1.73 bits per heavy atom. The summed E-state index contributed by atoms with van der Waals surface area (Å²) < 4.78 is 44.9. The molecule has 30 heavy (non-hydrogen) atoms. The number of carboxylic acid groups (broad SMARTS) is 1. The first kappa shape index (κ1) is 21.6. The molecule has 0 saturated carbocycles. The first-order valence-electron chi connectivity index (χ1n) is 8.84. The average molecular weight is 437 g/mol. The molecule has 0 fully saturated rings. The van der Waals surface area contributed by atoms with E-state index in [1.165, 1.54) is 43.4 Å². The highest BCUT2D eigenvalue weighted by atomic mass is 32.1. The summed E-state index contributed by atoms with van der Waals surface area (Å²) >= 11 is 1.44. The molecule has 0 aliphatic heterocycles. The molecule has 9 heteroatoms. The Kier molecular flexibility index (Phi) is 5.76. The summed E-state index contributed by atoms with van der Waals surface area (Å²) in [6, 6.07) is 9.58. The van der Waals surface area contributed by atoms with Crippen LogP contribution in [0.2, 0.25) is 0 Å². The second-order valence-corrected chi connectivity index (χ2v) is 8.09. The van der Waals surface area contributed by atoms with Crippen LogP contribution in [-0.2, 0) is 17.6 Å². The van der Waals surface area contributed by atoms with Crippen molar-refractivity contribution in [2.45, 2.75) is 32.2 Å². The SMILES string of the molecule is CC(C)(NC(=O)c1ccc2sccc2c1OCc1ccc(C(F)(F)F)cc1)C(=O)O. The van der Waals surface area contributed by atoms with Gasteiger partial charge in [-0.3, -0.25) is 4.79 Å². The number of benzene rings is 2. The minimum Gasteiger partial charge on any atom is -0.487 e. The highest BCUT2D eigenvalue weighted by Crippen LogP contribution is 2.34. The second kappa shape index (κ2) is 7.98. The molecular formula is C21H18F3NO4S. The zero-order valence-electron chi connectivity index (χ0n) is 16.0. The molecule has 0 spiro atoms. The third kappa shape index (κ3) is 4.56. The summed E-state index contributed by atoms with van der Waals surface area (Å²) in [4.78, 5) is 24.1. The Morgan fingerprint density at radius 3 is 2.33 bits per heavy atom. The van der Waals surface area contributed by atoms with E-state index >= 15 is 0 Å². The zero-order chi connectivity index (χ0) is 22.1. The first-order valence-corrected chi connectivity index (χ1v) is 9.72. The molecule has 5 nitrogen and oxygen atoms in total. The van der Waals surface area contributed by atoms with Gasteiger partial charge in [0, 0.05) is 10.1 Å². The van der Waals surface area contributed by atoms with Crippen LogP contribution in [0.15, 0.2) is 47.8 Å². The van der Waals surface area contributed by atoms with Gasteiger partial charge in [-0.1, -0.05) is 12.1 Å². The van der Waals surface area contributed by atoms with Gasteiger partial charge in [0.15, 0.2) is 0 Å². The Labute approximate surface area is 174 Å². The van der Waals surface area contributed by atoms with Crippen molar-refractivity contribution in [3.63, 3.8) is 0 Å². The molecule has 158 valence electrons. The Morgan fingerprint density at radius 1 is 1.07 bits per heavy atom. The topological polar surface area (TPSA) is 75.6 Å². The molecule has 0 saturated heterocycles. The highest BCUT2D eigenvalue weighted by Gasteiger charge is 2.31. The molecule has 1 amide bonds. The number of carbonyl (C=O) groups excluding carboxylic acids is 1. The molecule has 1 aromatic heterocycles. The van der Waals surface area contributed by atoms with Gasteiger partial charge in [-0.25, -0.2) is 4.79 Å². The van der Waals surface area contributed by atoms with E-state index in [0.717, 1.165) is 16.8 Å². The Hall–Kier alpha value is -3.07. The molecule has 0 unspecified atom stereocenters. The summed E-state index contributed by atoms with van der Waals surface area (Å²) in [5, 5.41) is 14.2. The highest BCUT2D eigenvalue weighted by molar-refractivity contribution is 7.17. The van der Waals surface area contributed by atoms with Gasteiger partial charge in [-0.05, 0) is 55.1 Å². The number of alkyl halides is 3. The number of halogens is 3. The monoisotopic (exact) mass is 437 g/mol. The van der Waals surface area contributed by atoms with E-state index in [4.69, 9.17) is 4.74 Å². The molecule has 1 heterocycles. The van der Waals surface area contributed by atoms with Crippen LogP contribution in [0.1, 0.15) is 35.3 Å². The van der Waals surface area contributed by atoms with E-state index in [9.17, 15) is 27.9 Å². The van der Waals surface area contributed by atoms with Gasteiger partial charge in [0.2, 0.25) is 0 Å². The lowest BCUT2D eigenvalue weighted by Crippen LogP contribution is -2.49. The zero-order valence-corrected chi connectivity index (χ0v) is 16.9. The largest absolute Gasteiger partial charge is 0.487 e. The van der Waals surface area contributed by atoms with Crippen molar-refractivity contribution < 1.29 is 32.6 Å². The quantitative estimate of drug-likeness (QED) is 0.563. The van der Waals surface area contributed by atoms with Crippen molar-refractivity contribution in [3.8, 4) is 5.75 Å². The molecule has 3 rings (SSSR count). The number of nitrogens with one attached hydrogen (secondary N) is 1. The fourth-order valence-corrected chi connectivity index (χ4v) is 3.49. The molecule has 2 aromatic carbocycles. The molecule has 2 N–H and O–H groups in total. The molecular weight excluding hydrogens is 419 g/mol. The smallest absolute Gasteiger partial charge is 0.416 e. The minimum atomic E-state index is -4.43. The lowest BCUT2D eigenvalue weighted by atomic mass is 10.0. The van der Waals surface area contributed by atoms with Crippen LogP contribution >= 0.6 is 11.3 Å². The van der Waals surface area contributed by atoms with E-state index in [1.807, 2.05) is 5.38 Å². The standard InChI is InChI=1S/C21H18F3NO4S/c1-20(2,19(27)28)25-18(26)15-7-8-16-14(9-10-30-16)17(15)29-11-12-3-5-13(6-4-12)21(22,23)24/h3-10H,11H2,1-2H3,(H,25,26)(H,27,28). The second-order valence-electron chi connectivity index (χ2n) is 7.14. The Bertz CT molecular complexity index is 1090. The third-order valence-corrected chi connectivity index (χ3v) is 5.34. The lowest BCUT2D eigenvalue weighted by Gasteiger charge is -2.22. The van der Waals surface area contributed by atoms with E-state index in [2.05, 4.69) is 5.32 Å². The maximum atomic E-state index is 12.7. The van der Waals surface area contributed by atoms with Gasteiger partial charge in [-0.2, -0.15) is 13.2 Å². The predicted molar refractivity (Wildman–Crippen MR) is 107 cm³/mol. The van der Waals surface area contributed by atoms with Crippen LogP contribution in [-0.4, -0.2) is 22.5 Å². The van der Waals surface area contributed by atoms with Crippen LogP contribution in [0.3, 0.4) is 0 Å². The molecule has 3 aromatic rings. The maximum Gasteiger partial charge on any atom is 0.416 e. The van der Waals surface area contributed by atoms with Crippen LogP contribution in [0.25, 0.3) is 10.1 Å². The van der Waals surface area contributed by atoms with Gasteiger partial charge in [0.05, 0.1) is 11.1 Å². The van der Waals surface area contributed by atoms with Crippen LogP contribution in [0, 0.1) is 0 Å². The number of rotatable bonds is 6. The molecule has 0 aliphatic rings. The van der Waals surface area contributed by atoms with Gasteiger partial charge >= 0.3 is 12.1 Å². The molecule has 0 bridgehead atoms. The number of amides is 1. The van der Waals surface area contributed by atoms with E-state index in [0.29, 0.717) is 10.9 Å². The van der Waals surface area contributed by atoms with Crippen LogP contribution in [0.5, 0.6) is 5.75 Å². The van der Waals surface area contributed by atoms with E-state index in [1.54, 1.807) is 12.1 Å². The number of thiophene rings is 1. The predicted octanol–water partition coefficient (Wildman–Crippen LogP) is 5.09. The van der Waals surface area contributed by atoms with Crippen LogP contribution < -0.4 is 10.1 Å².